The summed E-state index contributed by atoms with van der Waals surface area (Å²) < 4.78 is 18.9. The third kappa shape index (κ3) is 6.33. The summed E-state index contributed by atoms with van der Waals surface area (Å²) in [6, 6.07) is 0. The van der Waals surface area contributed by atoms with Crippen LogP contribution in [0.3, 0.4) is 0 Å². The summed E-state index contributed by atoms with van der Waals surface area (Å²) in [5.41, 5.74) is 0. The van der Waals surface area contributed by atoms with Gasteiger partial charge in [-0.15, -0.1) is 0 Å². The van der Waals surface area contributed by atoms with Crippen LogP contribution in [0.2, 0.25) is 0 Å². The lowest BCUT2D eigenvalue weighted by Crippen LogP contribution is -2.10. The highest BCUT2D eigenvalue weighted by Crippen LogP contribution is 2.11. The van der Waals surface area contributed by atoms with Crippen LogP contribution in [-0.4, -0.2) is 35.8 Å². The molecule has 6 heteroatoms. The fourth-order valence-electron chi connectivity index (χ4n) is 1.49. The molecule has 5 nitrogen and oxygen atoms in total. The van der Waals surface area contributed by atoms with E-state index in [0.29, 0.717) is 19.0 Å². The minimum absolute atomic E-state index is 0.246. The molecule has 2 N–H and O–H groups in total. The Hall–Kier alpha value is -1.43. The molecule has 0 saturated carbocycles. The first-order valence-electron chi connectivity index (χ1n) is 6.75. The van der Waals surface area contributed by atoms with Gasteiger partial charge < -0.3 is 15.4 Å². The second kappa shape index (κ2) is 8.63. The first kappa shape index (κ1) is 15.6. The number of rotatable bonds is 9. The summed E-state index contributed by atoms with van der Waals surface area (Å²) in [4.78, 5) is 7.92. The molecule has 0 radical (unpaired) electrons. The number of hydrogen-bond acceptors (Lipinski definition) is 5. The van der Waals surface area contributed by atoms with Crippen LogP contribution in [0.5, 0.6) is 0 Å². The van der Waals surface area contributed by atoms with E-state index < -0.39 is 5.82 Å². The molecule has 0 aliphatic heterocycles. The number of nitrogens with one attached hydrogen (secondary N) is 2. The smallest absolute Gasteiger partial charge is 0.224 e. The second-order valence-corrected chi connectivity index (χ2v) is 4.47. The van der Waals surface area contributed by atoms with Crippen molar-refractivity contribution in [2.24, 2.45) is 0 Å². The molecule has 0 fully saturated rings. The molecule has 0 spiro atoms. The Kier molecular flexibility index (Phi) is 7.10. The third-order valence-corrected chi connectivity index (χ3v) is 2.39. The molecule has 0 bridgehead atoms. The Labute approximate surface area is 114 Å². The van der Waals surface area contributed by atoms with E-state index in [4.69, 9.17) is 4.74 Å². The molecule has 1 aromatic heterocycles. The van der Waals surface area contributed by atoms with Crippen LogP contribution in [0.4, 0.5) is 16.2 Å². The largest absolute Gasteiger partial charge is 0.379 e. The number of unbranched alkanes of at least 4 members (excludes halogenated alkanes) is 1. The van der Waals surface area contributed by atoms with Crippen molar-refractivity contribution in [2.45, 2.75) is 39.7 Å². The van der Waals surface area contributed by atoms with E-state index in [2.05, 4.69) is 20.6 Å². The molecule has 1 rings (SSSR count). The minimum atomic E-state index is -0.430. The molecule has 0 atom stereocenters. The Balaban J connectivity index is 2.30. The summed E-state index contributed by atoms with van der Waals surface area (Å²) in [5.74, 6) is 0.255. The third-order valence-electron chi connectivity index (χ3n) is 2.39. The number of halogens is 1. The summed E-state index contributed by atoms with van der Waals surface area (Å²) in [5, 5.41) is 5.93. The number of nitrogens with zero attached hydrogens (tertiary/aromatic N) is 2. The second-order valence-electron chi connectivity index (χ2n) is 4.47. The monoisotopic (exact) mass is 270 g/mol. The van der Waals surface area contributed by atoms with Gasteiger partial charge in [-0.3, -0.25) is 0 Å². The SMILES string of the molecule is CCNc1ncc(F)c(NCCCCOC(C)C)n1. The first-order valence-corrected chi connectivity index (χ1v) is 6.75. The van der Waals surface area contributed by atoms with Crippen molar-refractivity contribution < 1.29 is 9.13 Å². The quantitative estimate of drug-likeness (QED) is 0.676. The van der Waals surface area contributed by atoms with Crippen LogP contribution < -0.4 is 10.6 Å². The molecular formula is C13H23FN4O. The van der Waals surface area contributed by atoms with Gasteiger partial charge in [-0.05, 0) is 33.6 Å². The van der Waals surface area contributed by atoms with Gasteiger partial charge >= 0.3 is 0 Å². The highest BCUT2D eigenvalue weighted by Gasteiger charge is 2.05. The minimum Gasteiger partial charge on any atom is -0.379 e. The van der Waals surface area contributed by atoms with Crippen molar-refractivity contribution in [3.8, 4) is 0 Å². The summed E-state index contributed by atoms with van der Waals surface area (Å²) in [6.07, 6.45) is 3.29. The summed E-state index contributed by atoms with van der Waals surface area (Å²) in [6.45, 7) is 8.06. The van der Waals surface area contributed by atoms with E-state index in [1.165, 1.54) is 6.20 Å². The van der Waals surface area contributed by atoms with E-state index >= 15 is 0 Å². The van der Waals surface area contributed by atoms with Gasteiger partial charge in [0.15, 0.2) is 11.6 Å². The fourth-order valence-corrected chi connectivity index (χ4v) is 1.49. The number of aromatic nitrogens is 2. The van der Waals surface area contributed by atoms with Crippen LogP contribution in [0.15, 0.2) is 6.20 Å². The van der Waals surface area contributed by atoms with Gasteiger partial charge in [-0.2, -0.15) is 4.98 Å². The molecule has 1 aromatic rings. The van der Waals surface area contributed by atoms with Gasteiger partial charge in [0.2, 0.25) is 5.95 Å². The molecule has 0 saturated heterocycles. The zero-order chi connectivity index (χ0) is 14.1. The molecule has 19 heavy (non-hydrogen) atoms. The van der Waals surface area contributed by atoms with Crippen LogP contribution >= 0.6 is 0 Å². The standard InChI is InChI=1S/C13H23FN4O/c1-4-15-13-17-9-11(14)12(18-13)16-7-5-6-8-19-10(2)3/h9-10H,4-8H2,1-3H3,(H2,15,16,17,18). The van der Waals surface area contributed by atoms with Crippen LogP contribution in [0.25, 0.3) is 0 Å². The van der Waals surface area contributed by atoms with Gasteiger partial charge in [0.1, 0.15) is 0 Å². The molecule has 1 heterocycles. The maximum absolute atomic E-state index is 13.5. The van der Waals surface area contributed by atoms with E-state index in [-0.39, 0.29) is 11.9 Å². The topological polar surface area (TPSA) is 59.1 Å². The zero-order valence-corrected chi connectivity index (χ0v) is 11.9. The maximum Gasteiger partial charge on any atom is 0.224 e. The van der Waals surface area contributed by atoms with Crippen LogP contribution in [0.1, 0.15) is 33.6 Å². The van der Waals surface area contributed by atoms with Gasteiger partial charge in [-0.25, -0.2) is 9.37 Å². The van der Waals surface area contributed by atoms with Crippen molar-refractivity contribution in [1.29, 1.82) is 0 Å². The van der Waals surface area contributed by atoms with Gasteiger partial charge in [0.05, 0.1) is 12.3 Å². The Morgan fingerprint density at radius 1 is 1.32 bits per heavy atom. The molecule has 0 aromatic carbocycles. The summed E-state index contributed by atoms with van der Waals surface area (Å²) >= 11 is 0. The Bertz CT molecular complexity index is 374. The normalized spacial score (nSPS) is 10.8. The van der Waals surface area contributed by atoms with E-state index in [0.717, 1.165) is 19.4 Å². The first-order chi connectivity index (χ1) is 9.13. The molecule has 0 aliphatic rings. The van der Waals surface area contributed by atoms with Crippen molar-refractivity contribution >= 4 is 11.8 Å². The highest BCUT2D eigenvalue weighted by molar-refractivity contribution is 5.40. The Morgan fingerprint density at radius 2 is 2.11 bits per heavy atom. The van der Waals surface area contributed by atoms with Crippen molar-refractivity contribution in [3.05, 3.63) is 12.0 Å². The van der Waals surface area contributed by atoms with Crippen LogP contribution in [0, 0.1) is 5.82 Å². The Morgan fingerprint density at radius 3 is 2.79 bits per heavy atom. The fraction of sp³-hybridized carbons (Fsp3) is 0.692. The van der Waals surface area contributed by atoms with Crippen molar-refractivity contribution in [3.63, 3.8) is 0 Å². The van der Waals surface area contributed by atoms with Crippen molar-refractivity contribution in [2.75, 3.05) is 30.3 Å². The van der Waals surface area contributed by atoms with Gasteiger partial charge in [0.25, 0.3) is 0 Å². The van der Waals surface area contributed by atoms with E-state index in [1.54, 1.807) is 0 Å². The number of ether oxygens (including phenoxy) is 1. The van der Waals surface area contributed by atoms with Crippen molar-refractivity contribution in [1.82, 2.24) is 9.97 Å². The van der Waals surface area contributed by atoms with Gasteiger partial charge in [0, 0.05) is 19.7 Å². The maximum atomic E-state index is 13.5. The average Bonchev–Trinajstić information content (AvgIpc) is 2.37. The lowest BCUT2D eigenvalue weighted by atomic mass is 10.3. The lowest BCUT2D eigenvalue weighted by molar-refractivity contribution is 0.0765. The van der Waals surface area contributed by atoms with Crippen LogP contribution in [-0.2, 0) is 4.74 Å². The van der Waals surface area contributed by atoms with Gasteiger partial charge in [-0.1, -0.05) is 0 Å². The molecule has 0 aliphatic carbocycles. The highest BCUT2D eigenvalue weighted by atomic mass is 19.1. The predicted octanol–water partition coefficient (Wildman–Crippen LogP) is 2.66. The lowest BCUT2D eigenvalue weighted by Gasteiger charge is -2.09. The molecular weight excluding hydrogens is 247 g/mol. The number of hydrogen-bond donors (Lipinski definition) is 2. The predicted molar refractivity (Wildman–Crippen MR) is 75.0 cm³/mol. The average molecular weight is 270 g/mol. The van der Waals surface area contributed by atoms with E-state index in [1.807, 2.05) is 20.8 Å². The zero-order valence-electron chi connectivity index (χ0n) is 11.9. The van der Waals surface area contributed by atoms with E-state index in [9.17, 15) is 4.39 Å². The number of anilines is 2. The molecule has 0 amide bonds. The molecule has 108 valence electrons. The molecule has 0 unspecified atom stereocenters. The summed E-state index contributed by atoms with van der Waals surface area (Å²) in [7, 11) is 0.